The van der Waals surface area contributed by atoms with Crippen molar-refractivity contribution in [2.45, 2.75) is 12.7 Å². The van der Waals surface area contributed by atoms with Gasteiger partial charge in [-0.1, -0.05) is 0 Å². The number of aromatic nitrogens is 1. The minimum atomic E-state index is -4.14. The summed E-state index contributed by atoms with van der Waals surface area (Å²) in [5, 5.41) is 0. The third-order valence-corrected chi connectivity index (χ3v) is 0.952. The molecule has 0 amide bonds. The van der Waals surface area contributed by atoms with Gasteiger partial charge >= 0.3 is 6.18 Å². The molecule has 1 rings (SSSR count). The van der Waals surface area contributed by atoms with Crippen molar-refractivity contribution in [2.24, 2.45) is 0 Å². The summed E-state index contributed by atoms with van der Waals surface area (Å²) < 4.78 is 35.7. The molecule has 1 heterocycles. The maximum atomic E-state index is 11.6. The van der Waals surface area contributed by atoms with Gasteiger partial charge in [-0.05, 0) is 12.1 Å². The highest BCUT2D eigenvalue weighted by Gasteiger charge is 2.27. The van der Waals surface area contributed by atoms with Gasteiger partial charge in [-0.2, -0.15) is 13.2 Å². The number of hydrogen-bond acceptors (Lipinski definition) is 0. The summed E-state index contributed by atoms with van der Waals surface area (Å²) in [4.78, 5) is 0. The van der Waals surface area contributed by atoms with Gasteiger partial charge < -0.3 is 4.57 Å². The smallest absolute Gasteiger partial charge is 0.337 e. The van der Waals surface area contributed by atoms with Crippen LogP contribution in [0, 0.1) is 6.20 Å². The van der Waals surface area contributed by atoms with Crippen LogP contribution in [0.3, 0.4) is 0 Å². The predicted molar refractivity (Wildman–Crippen MR) is 29.3 cm³/mol. The van der Waals surface area contributed by atoms with Crippen molar-refractivity contribution < 1.29 is 13.2 Å². The molecule has 0 N–H and O–H groups in total. The molecule has 0 atom stereocenters. The molecule has 1 nitrogen and oxygen atoms in total. The molecular formula is C6H5F3N. The molecule has 0 spiro atoms. The SMILES string of the molecule is FC(F)(F)Cn1[c]ccc1. The van der Waals surface area contributed by atoms with Crippen LogP contribution in [-0.4, -0.2) is 10.7 Å². The third-order valence-electron chi connectivity index (χ3n) is 0.952. The summed E-state index contributed by atoms with van der Waals surface area (Å²) in [6, 6.07) is 2.94. The van der Waals surface area contributed by atoms with Crippen LogP contribution in [0.25, 0.3) is 0 Å². The fraction of sp³-hybridized carbons (Fsp3) is 0.333. The molecule has 0 unspecified atom stereocenters. The largest absolute Gasteiger partial charge is 0.406 e. The average molecular weight is 148 g/mol. The van der Waals surface area contributed by atoms with E-state index in [1.54, 1.807) is 0 Å². The van der Waals surface area contributed by atoms with Gasteiger partial charge in [0, 0.05) is 6.20 Å². The van der Waals surface area contributed by atoms with E-state index in [1.165, 1.54) is 18.3 Å². The summed E-state index contributed by atoms with van der Waals surface area (Å²) in [5.74, 6) is 0. The first-order valence-electron chi connectivity index (χ1n) is 2.67. The van der Waals surface area contributed by atoms with Crippen molar-refractivity contribution in [1.82, 2.24) is 4.57 Å². The van der Waals surface area contributed by atoms with Crippen molar-refractivity contribution >= 4 is 0 Å². The molecule has 0 saturated carbocycles. The summed E-state index contributed by atoms with van der Waals surface area (Å²) in [6.45, 7) is -0.958. The van der Waals surface area contributed by atoms with Crippen molar-refractivity contribution in [2.75, 3.05) is 0 Å². The van der Waals surface area contributed by atoms with E-state index >= 15 is 0 Å². The second-order valence-electron chi connectivity index (χ2n) is 1.88. The monoisotopic (exact) mass is 148 g/mol. The predicted octanol–water partition coefficient (Wildman–Crippen LogP) is 1.85. The minimum Gasteiger partial charge on any atom is -0.337 e. The van der Waals surface area contributed by atoms with Crippen LogP contribution < -0.4 is 0 Å². The molecule has 0 fully saturated rings. The Morgan fingerprint density at radius 2 is 2.10 bits per heavy atom. The van der Waals surface area contributed by atoms with Crippen LogP contribution in [0.2, 0.25) is 0 Å². The van der Waals surface area contributed by atoms with Crippen LogP contribution in [0.5, 0.6) is 0 Å². The Balaban J connectivity index is 2.57. The molecule has 10 heavy (non-hydrogen) atoms. The molecule has 55 valence electrons. The first-order chi connectivity index (χ1) is 4.58. The quantitative estimate of drug-likeness (QED) is 0.572. The molecule has 1 aromatic heterocycles. The number of halogens is 3. The average Bonchev–Trinajstić information content (AvgIpc) is 2.12. The van der Waals surface area contributed by atoms with Gasteiger partial charge in [0.1, 0.15) is 6.54 Å². The molecule has 1 aromatic rings. The van der Waals surface area contributed by atoms with Crippen LogP contribution in [-0.2, 0) is 6.54 Å². The highest BCUT2D eigenvalue weighted by atomic mass is 19.4. The fourth-order valence-corrected chi connectivity index (χ4v) is 0.620. The lowest BCUT2D eigenvalue weighted by Gasteiger charge is -2.05. The zero-order valence-electron chi connectivity index (χ0n) is 5.02. The molecule has 0 aliphatic heterocycles. The summed E-state index contributed by atoms with van der Waals surface area (Å²) in [5.41, 5.74) is 0. The second-order valence-corrected chi connectivity index (χ2v) is 1.88. The Labute approximate surface area is 56.1 Å². The van der Waals surface area contributed by atoms with Crippen molar-refractivity contribution in [1.29, 1.82) is 0 Å². The summed E-state index contributed by atoms with van der Waals surface area (Å²) in [7, 11) is 0. The molecule has 4 heteroatoms. The zero-order valence-corrected chi connectivity index (χ0v) is 5.02. The van der Waals surface area contributed by atoms with Gasteiger partial charge in [-0.25, -0.2) is 0 Å². The van der Waals surface area contributed by atoms with E-state index in [9.17, 15) is 13.2 Å². The number of alkyl halides is 3. The van der Waals surface area contributed by atoms with Crippen LogP contribution >= 0.6 is 0 Å². The lowest BCUT2D eigenvalue weighted by molar-refractivity contribution is -0.140. The molecule has 1 radical (unpaired) electrons. The van der Waals surface area contributed by atoms with Gasteiger partial charge in [0.2, 0.25) is 0 Å². The first-order valence-corrected chi connectivity index (χ1v) is 2.67. The Kier molecular flexibility index (Phi) is 1.70. The molecular weight excluding hydrogens is 143 g/mol. The minimum absolute atomic E-state index is 0.958. The summed E-state index contributed by atoms with van der Waals surface area (Å²) in [6.07, 6.45) is -0.426. The van der Waals surface area contributed by atoms with Crippen LogP contribution in [0.15, 0.2) is 18.3 Å². The number of rotatable bonds is 1. The molecule has 0 bridgehead atoms. The van der Waals surface area contributed by atoms with E-state index in [0.29, 0.717) is 0 Å². The summed E-state index contributed by atoms with van der Waals surface area (Å²) >= 11 is 0. The first kappa shape index (κ1) is 7.18. The standard InChI is InChI=1S/C6H5F3N/c7-6(8,9)5-10-3-1-2-4-10/h1-3H,5H2. The Hall–Kier alpha value is -0.930. The molecule has 0 saturated heterocycles. The van der Waals surface area contributed by atoms with Crippen LogP contribution in [0.1, 0.15) is 0 Å². The highest BCUT2D eigenvalue weighted by molar-refractivity contribution is 4.88. The van der Waals surface area contributed by atoms with E-state index in [0.717, 1.165) is 4.57 Å². The third kappa shape index (κ3) is 2.13. The van der Waals surface area contributed by atoms with Crippen molar-refractivity contribution in [3.63, 3.8) is 0 Å². The van der Waals surface area contributed by atoms with E-state index in [4.69, 9.17) is 0 Å². The van der Waals surface area contributed by atoms with Crippen molar-refractivity contribution in [3.8, 4) is 0 Å². The zero-order chi connectivity index (χ0) is 7.61. The lowest BCUT2D eigenvalue weighted by Crippen LogP contribution is -2.16. The highest BCUT2D eigenvalue weighted by Crippen LogP contribution is 2.16. The van der Waals surface area contributed by atoms with Gasteiger partial charge in [0.15, 0.2) is 0 Å². The van der Waals surface area contributed by atoms with Gasteiger partial charge in [-0.3, -0.25) is 0 Å². The van der Waals surface area contributed by atoms with E-state index in [2.05, 4.69) is 6.20 Å². The van der Waals surface area contributed by atoms with E-state index < -0.39 is 12.7 Å². The maximum Gasteiger partial charge on any atom is 0.406 e. The Morgan fingerprint density at radius 1 is 1.40 bits per heavy atom. The number of hydrogen-bond donors (Lipinski definition) is 0. The van der Waals surface area contributed by atoms with E-state index in [1.807, 2.05) is 0 Å². The fourth-order valence-electron chi connectivity index (χ4n) is 0.620. The topological polar surface area (TPSA) is 4.93 Å². The molecule has 0 aromatic carbocycles. The van der Waals surface area contributed by atoms with Gasteiger partial charge in [-0.15, -0.1) is 0 Å². The van der Waals surface area contributed by atoms with Crippen molar-refractivity contribution in [3.05, 3.63) is 24.5 Å². The number of nitrogens with zero attached hydrogens (tertiary/aromatic N) is 1. The lowest BCUT2D eigenvalue weighted by atomic mass is 10.6. The Morgan fingerprint density at radius 3 is 2.50 bits per heavy atom. The van der Waals surface area contributed by atoms with Crippen LogP contribution in [0.4, 0.5) is 13.2 Å². The molecule has 0 aliphatic rings. The molecule has 0 aliphatic carbocycles. The van der Waals surface area contributed by atoms with Gasteiger partial charge in [0.25, 0.3) is 0 Å². The van der Waals surface area contributed by atoms with E-state index in [-0.39, 0.29) is 0 Å². The second kappa shape index (κ2) is 2.36. The maximum absolute atomic E-state index is 11.6. The Bertz CT molecular complexity index is 187. The van der Waals surface area contributed by atoms with Gasteiger partial charge in [0.05, 0.1) is 6.20 Å². The normalized spacial score (nSPS) is 11.9.